The summed E-state index contributed by atoms with van der Waals surface area (Å²) in [5.41, 5.74) is 6.49. The van der Waals surface area contributed by atoms with Crippen molar-refractivity contribution >= 4 is 12.4 Å². The third-order valence-electron chi connectivity index (χ3n) is 1.63. The minimum absolute atomic E-state index is 0.141. The lowest BCUT2D eigenvalue weighted by Crippen LogP contribution is -1.93. The lowest BCUT2D eigenvalue weighted by Gasteiger charge is -1.99. The van der Waals surface area contributed by atoms with E-state index in [0.717, 1.165) is 6.29 Å². The first-order valence-corrected chi connectivity index (χ1v) is 3.92. The summed E-state index contributed by atoms with van der Waals surface area (Å²) in [6.07, 6.45) is 4.18. The van der Waals surface area contributed by atoms with Crippen LogP contribution in [0.2, 0.25) is 0 Å². The second kappa shape index (κ2) is 4.42. The van der Waals surface area contributed by atoms with Gasteiger partial charge in [-0.3, -0.25) is 4.79 Å². The zero-order chi connectivity index (χ0) is 9.68. The molecule has 0 aliphatic heterocycles. The Kier molecular flexibility index (Phi) is 3.23. The highest BCUT2D eigenvalue weighted by Crippen LogP contribution is 2.16. The normalized spacial score (nSPS) is 10.5. The molecule has 0 bridgehead atoms. The van der Waals surface area contributed by atoms with Crippen LogP contribution in [-0.2, 0) is 0 Å². The second-order valence-electron chi connectivity index (χ2n) is 2.57. The highest BCUT2D eigenvalue weighted by Gasteiger charge is 1.98. The monoisotopic (exact) mass is 177 g/mol. The van der Waals surface area contributed by atoms with Gasteiger partial charge in [-0.2, -0.15) is 0 Å². The van der Waals surface area contributed by atoms with Gasteiger partial charge in [-0.25, -0.2) is 0 Å². The quantitative estimate of drug-likeness (QED) is 0.681. The summed E-state index contributed by atoms with van der Waals surface area (Å²) in [7, 11) is 0. The summed E-state index contributed by atoms with van der Waals surface area (Å²) in [6, 6.07) is 4.57. The van der Waals surface area contributed by atoms with Crippen LogP contribution < -0.4 is 5.73 Å². The van der Waals surface area contributed by atoms with E-state index in [9.17, 15) is 4.79 Å². The Labute approximate surface area is 76.5 Å². The van der Waals surface area contributed by atoms with Crippen molar-refractivity contribution < 1.29 is 9.90 Å². The van der Waals surface area contributed by atoms with E-state index in [1.54, 1.807) is 18.2 Å². The van der Waals surface area contributed by atoms with Crippen molar-refractivity contribution in [3.05, 3.63) is 35.4 Å². The van der Waals surface area contributed by atoms with Gasteiger partial charge in [0.1, 0.15) is 5.75 Å². The molecular formula is C10H11NO2. The molecule has 3 heteroatoms. The third-order valence-corrected chi connectivity index (χ3v) is 1.63. The highest BCUT2D eigenvalue weighted by molar-refractivity contribution is 5.82. The molecule has 0 aliphatic rings. The van der Waals surface area contributed by atoms with E-state index in [1.165, 1.54) is 12.1 Å². The van der Waals surface area contributed by atoms with E-state index in [2.05, 4.69) is 0 Å². The van der Waals surface area contributed by atoms with Crippen LogP contribution in [0.3, 0.4) is 0 Å². The average molecular weight is 177 g/mol. The summed E-state index contributed by atoms with van der Waals surface area (Å²) in [6.45, 7) is 0.411. The van der Waals surface area contributed by atoms with Crippen LogP contribution in [0.15, 0.2) is 24.3 Å². The number of phenolic OH excluding ortho intramolecular Hbond substituents is 1. The van der Waals surface area contributed by atoms with Crippen LogP contribution in [0.5, 0.6) is 5.75 Å². The molecule has 1 aromatic carbocycles. The Morgan fingerprint density at radius 2 is 2.15 bits per heavy atom. The molecule has 1 rings (SSSR count). The number of hydrogen-bond donors (Lipinski definition) is 2. The van der Waals surface area contributed by atoms with Crippen molar-refractivity contribution in [3.63, 3.8) is 0 Å². The molecule has 0 atom stereocenters. The van der Waals surface area contributed by atoms with Crippen molar-refractivity contribution in [3.8, 4) is 5.75 Å². The van der Waals surface area contributed by atoms with Crippen LogP contribution in [0.4, 0.5) is 0 Å². The van der Waals surface area contributed by atoms with E-state index in [0.29, 0.717) is 17.7 Å². The zero-order valence-corrected chi connectivity index (χ0v) is 7.10. The Morgan fingerprint density at radius 1 is 1.38 bits per heavy atom. The number of phenols is 1. The highest BCUT2D eigenvalue weighted by atomic mass is 16.3. The molecule has 0 unspecified atom stereocenters. The number of carbonyl (C=O) groups is 1. The van der Waals surface area contributed by atoms with E-state index < -0.39 is 0 Å². The van der Waals surface area contributed by atoms with Crippen LogP contribution in [-0.4, -0.2) is 17.9 Å². The predicted octanol–water partition coefficient (Wildman–Crippen LogP) is 1.18. The van der Waals surface area contributed by atoms with Gasteiger partial charge in [-0.05, 0) is 23.8 Å². The zero-order valence-electron chi connectivity index (χ0n) is 7.10. The molecule has 1 aromatic rings. The fraction of sp³-hybridized carbons (Fsp3) is 0.100. The SMILES string of the molecule is NC/C=C/c1cc(O)ccc1C=O. The van der Waals surface area contributed by atoms with E-state index in [1.807, 2.05) is 0 Å². The second-order valence-corrected chi connectivity index (χ2v) is 2.57. The number of rotatable bonds is 3. The smallest absolute Gasteiger partial charge is 0.150 e. The molecule has 0 radical (unpaired) electrons. The first-order valence-electron chi connectivity index (χ1n) is 3.92. The first kappa shape index (κ1) is 9.48. The number of hydrogen-bond acceptors (Lipinski definition) is 3. The van der Waals surface area contributed by atoms with Crippen LogP contribution in [0.25, 0.3) is 6.08 Å². The molecule has 0 saturated heterocycles. The molecule has 3 N–H and O–H groups in total. The molecule has 0 spiro atoms. The van der Waals surface area contributed by atoms with Gasteiger partial charge in [0.25, 0.3) is 0 Å². The molecular weight excluding hydrogens is 166 g/mol. The van der Waals surface area contributed by atoms with Crippen LogP contribution in [0.1, 0.15) is 15.9 Å². The number of benzene rings is 1. The van der Waals surface area contributed by atoms with E-state index >= 15 is 0 Å². The minimum Gasteiger partial charge on any atom is -0.508 e. The number of nitrogens with two attached hydrogens (primary N) is 1. The van der Waals surface area contributed by atoms with Gasteiger partial charge in [0.05, 0.1) is 0 Å². The number of carbonyl (C=O) groups excluding carboxylic acids is 1. The summed E-state index contributed by atoms with van der Waals surface area (Å²) in [5.74, 6) is 0.141. The molecule has 0 heterocycles. The van der Waals surface area contributed by atoms with Crippen LogP contribution >= 0.6 is 0 Å². The average Bonchev–Trinajstić information content (AvgIpc) is 2.15. The number of aldehydes is 1. The lowest BCUT2D eigenvalue weighted by molar-refractivity contribution is 0.112. The Hall–Kier alpha value is -1.61. The Bertz CT molecular complexity index is 332. The summed E-state index contributed by atoms with van der Waals surface area (Å²) >= 11 is 0. The fourth-order valence-electron chi connectivity index (χ4n) is 1.01. The predicted molar refractivity (Wildman–Crippen MR) is 51.6 cm³/mol. The first-order chi connectivity index (χ1) is 6.27. The van der Waals surface area contributed by atoms with Gasteiger partial charge >= 0.3 is 0 Å². The van der Waals surface area contributed by atoms with Crippen molar-refractivity contribution in [1.29, 1.82) is 0 Å². The third kappa shape index (κ3) is 2.42. The van der Waals surface area contributed by atoms with Gasteiger partial charge in [-0.1, -0.05) is 12.2 Å². The van der Waals surface area contributed by atoms with Crippen molar-refractivity contribution in [1.82, 2.24) is 0 Å². The van der Waals surface area contributed by atoms with Crippen LogP contribution in [0, 0.1) is 0 Å². The largest absolute Gasteiger partial charge is 0.508 e. The fourth-order valence-corrected chi connectivity index (χ4v) is 1.01. The minimum atomic E-state index is 0.141. The van der Waals surface area contributed by atoms with Gasteiger partial charge in [-0.15, -0.1) is 0 Å². The van der Waals surface area contributed by atoms with E-state index in [4.69, 9.17) is 10.8 Å². The topological polar surface area (TPSA) is 63.3 Å². The molecule has 3 nitrogen and oxygen atoms in total. The van der Waals surface area contributed by atoms with Crippen molar-refractivity contribution in [2.45, 2.75) is 0 Å². The Morgan fingerprint density at radius 3 is 2.77 bits per heavy atom. The summed E-state index contributed by atoms with van der Waals surface area (Å²) in [4.78, 5) is 10.6. The lowest BCUT2D eigenvalue weighted by atomic mass is 10.1. The summed E-state index contributed by atoms with van der Waals surface area (Å²) in [5, 5.41) is 9.15. The molecule has 0 aromatic heterocycles. The molecule has 0 aliphatic carbocycles. The maximum absolute atomic E-state index is 10.6. The standard InChI is InChI=1S/C10H11NO2/c11-5-1-2-8-6-10(13)4-3-9(8)7-12/h1-4,6-7,13H,5,11H2/b2-1+. The molecule has 13 heavy (non-hydrogen) atoms. The maximum Gasteiger partial charge on any atom is 0.150 e. The Balaban J connectivity index is 3.08. The summed E-state index contributed by atoms with van der Waals surface area (Å²) < 4.78 is 0. The van der Waals surface area contributed by atoms with Crippen molar-refractivity contribution in [2.24, 2.45) is 5.73 Å². The van der Waals surface area contributed by atoms with Gasteiger partial charge in [0, 0.05) is 12.1 Å². The van der Waals surface area contributed by atoms with Crippen molar-refractivity contribution in [2.75, 3.05) is 6.54 Å². The van der Waals surface area contributed by atoms with Gasteiger partial charge in [0.2, 0.25) is 0 Å². The molecule has 0 amide bonds. The molecule has 68 valence electrons. The molecule has 0 saturated carbocycles. The number of aromatic hydroxyl groups is 1. The van der Waals surface area contributed by atoms with Gasteiger partial charge < -0.3 is 10.8 Å². The van der Waals surface area contributed by atoms with Gasteiger partial charge in [0.15, 0.2) is 6.29 Å². The van der Waals surface area contributed by atoms with E-state index in [-0.39, 0.29) is 5.75 Å². The molecule has 0 fully saturated rings. The maximum atomic E-state index is 10.6.